The van der Waals surface area contributed by atoms with E-state index in [1.54, 1.807) is 0 Å². The van der Waals surface area contributed by atoms with Gasteiger partial charge in [-0.1, -0.05) is 17.7 Å². The lowest BCUT2D eigenvalue weighted by Crippen LogP contribution is -2.41. The SMILES string of the molecule is Cc1cc(C)c(NC(=O)N(CCC(=O)O)C(C)C)c(C)c1. The molecule has 0 aliphatic heterocycles. The second-order valence-electron chi connectivity index (χ2n) is 5.63. The average Bonchev–Trinajstić information content (AvgIpc) is 2.33. The lowest BCUT2D eigenvalue weighted by Gasteiger charge is -2.27. The van der Waals surface area contributed by atoms with Gasteiger partial charge in [0.2, 0.25) is 0 Å². The Bertz CT molecular complexity index is 515. The van der Waals surface area contributed by atoms with E-state index in [-0.39, 0.29) is 25.0 Å². The Hall–Kier alpha value is -2.04. The number of carbonyl (C=O) groups is 2. The van der Waals surface area contributed by atoms with Gasteiger partial charge in [0.25, 0.3) is 0 Å². The number of anilines is 1. The largest absolute Gasteiger partial charge is 0.481 e. The van der Waals surface area contributed by atoms with Crippen molar-refractivity contribution < 1.29 is 14.7 Å². The molecule has 1 rings (SSSR count). The van der Waals surface area contributed by atoms with Crippen molar-refractivity contribution >= 4 is 17.7 Å². The Morgan fingerprint density at radius 3 is 2.14 bits per heavy atom. The first kappa shape index (κ1) is 17.0. The van der Waals surface area contributed by atoms with Crippen LogP contribution in [0.15, 0.2) is 12.1 Å². The van der Waals surface area contributed by atoms with E-state index in [1.165, 1.54) is 4.90 Å². The molecule has 2 N–H and O–H groups in total. The molecule has 0 saturated heterocycles. The number of amides is 2. The quantitative estimate of drug-likeness (QED) is 0.874. The molecule has 0 unspecified atom stereocenters. The predicted molar refractivity (Wildman–Crippen MR) is 83.8 cm³/mol. The number of nitrogens with zero attached hydrogens (tertiary/aromatic N) is 1. The van der Waals surface area contributed by atoms with Crippen molar-refractivity contribution in [1.29, 1.82) is 0 Å². The molecule has 0 radical (unpaired) electrons. The van der Waals surface area contributed by atoms with Crippen molar-refractivity contribution in [3.63, 3.8) is 0 Å². The smallest absolute Gasteiger partial charge is 0.322 e. The molecule has 5 nitrogen and oxygen atoms in total. The number of rotatable bonds is 5. The van der Waals surface area contributed by atoms with E-state index in [4.69, 9.17) is 5.11 Å². The number of nitrogens with one attached hydrogen (secondary N) is 1. The van der Waals surface area contributed by atoms with Crippen LogP contribution in [0.3, 0.4) is 0 Å². The third kappa shape index (κ3) is 4.77. The first-order valence-electron chi connectivity index (χ1n) is 7.09. The average molecular weight is 292 g/mol. The molecule has 0 bridgehead atoms. The highest BCUT2D eigenvalue weighted by atomic mass is 16.4. The van der Waals surface area contributed by atoms with Crippen LogP contribution in [-0.4, -0.2) is 34.6 Å². The topological polar surface area (TPSA) is 69.6 Å². The second kappa shape index (κ2) is 7.11. The van der Waals surface area contributed by atoms with Crippen LogP contribution in [0.2, 0.25) is 0 Å². The summed E-state index contributed by atoms with van der Waals surface area (Å²) in [5.74, 6) is -0.906. The first-order chi connectivity index (χ1) is 9.72. The van der Waals surface area contributed by atoms with Crippen LogP contribution in [0.4, 0.5) is 10.5 Å². The van der Waals surface area contributed by atoms with E-state index < -0.39 is 5.97 Å². The number of aryl methyl sites for hydroxylation is 3. The van der Waals surface area contributed by atoms with Crippen LogP contribution in [0.1, 0.15) is 37.0 Å². The van der Waals surface area contributed by atoms with E-state index >= 15 is 0 Å². The minimum Gasteiger partial charge on any atom is -0.481 e. The van der Waals surface area contributed by atoms with Crippen LogP contribution in [-0.2, 0) is 4.79 Å². The van der Waals surface area contributed by atoms with Gasteiger partial charge in [-0.25, -0.2) is 4.79 Å². The summed E-state index contributed by atoms with van der Waals surface area (Å²) in [6.07, 6.45) is -0.0581. The summed E-state index contributed by atoms with van der Waals surface area (Å²) in [4.78, 5) is 24.6. The van der Waals surface area contributed by atoms with Crippen molar-refractivity contribution in [3.05, 3.63) is 28.8 Å². The molecule has 0 fully saturated rings. The van der Waals surface area contributed by atoms with Gasteiger partial charge >= 0.3 is 12.0 Å². The molecule has 1 aromatic rings. The maximum atomic E-state index is 12.4. The molecule has 5 heteroatoms. The van der Waals surface area contributed by atoms with Crippen LogP contribution >= 0.6 is 0 Å². The summed E-state index contributed by atoms with van der Waals surface area (Å²) >= 11 is 0. The van der Waals surface area contributed by atoms with Gasteiger partial charge in [-0.2, -0.15) is 0 Å². The highest BCUT2D eigenvalue weighted by molar-refractivity contribution is 5.91. The molecule has 0 heterocycles. The number of carbonyl (C=O) groups excluding carboxylic acids is 1. The van der Waals surface area contributed by atoms with E-state index in [0.717, 1.165) is 22.4 Å². The predicted octanol–water partition coefficient (Wildman–Crippen LogP) is 3.33. The van der Waals surface area contributed by atoms with Crippen LogP contribution in [0.5, 0.6) is 0 Å². The zero-order valence-electron chi connectivity index (χ0n) is 13.4. The Morgan fingerprint density at radius 2 is 1.71 bits per heavy atom. The van der Waals surface area contributed by atoms with E-state index in [9.17, 15) is 9.59 Å². The zero-order chi connectivity index (χ0) is 16.2. The number of carboxylic acids is 1. The van der Waals surface area contributed by atoms with E-state index in [1.807, 2.05) is 46.8 Å². The van der Waals surface area contributed by atoms with Crippen molar-refractivity contribution in [1.82, 2.24) is 4.90 Å². The second-order valence-corrected chi connectivity index (χ2v) is 5.63. The normalized spacial score (nSPS) is 10.6. The minimum absolute atomic E-state index is 0.0581. The lowest BCUT2D eigenvalue weighted by molar-refractivity contribution is -0.137. The zero-order valence-corrected chi connectivity index (χ0v) is 13.4. The van der Waals surface area contributed by atoms with Crippen LogP contribution < -0.4 is 5.32 Å². The molecule has 1 aromatic carbocycles. The molecule has 2 amide bonds. The highest BCUT2D eigenvalue weighted by Crippen LogP contribution is 2.22. The Balaban J connectivity index is 2.89. The standard InChI is InChI=1S/C16H24N2O3/c1-10(2)18(7-6-14(19)20)16(21)17-15-12(4)8-11(3)9-13(15)5/h8-10H,6-7H2,1-5H3,(H,17,21)(H,19,20). The van der Waals surface area contributed by atoms with E-state index in [2.05, 4.69) is 5.32 Å². The van der Waals surface area contributed by atoms with Crippen molar-refractivity contribution in [2.24, 2.45) is 0 Å². The maximum absolute atomic E-state index is 12.4. The summed E-state index contributed by atoms with van der Waals surface area (Å²) in [7, 11) is 0. The number of carboxylic acid groups (broad SMARTS) is 1. The summed E-state index contributed by atoms with van der Waals surface area (Å²) in [5.41, 5.74) is 3.95. The molecule has 0 aliphatic carbocycles. The summed E-state index contributed by atoms with van der Waals surface area (Å²) < 4.78 is 0. The van der Waals surface area contributed by atoms with Gasteiger partial charge in [-0.3, -0.25) is 4.79 Å². The molecular formula is C16H24N2O3. The number of aliphatic carboxylic acids is 1. The van der Waals surface area contributed by atoms with Gasteiger partial charge in [0.15, 0.2) is 0 Å². The molecule has 0 spiro atoms. The summed E-state index contributed by atoms with van der Waals surface area (Å²) in [6.45, 7) is 9.85. The van der Waals surface area contributed by atoms with Crippen molar-refractivity contribution in [2.75, 3.05) is 11.9 Å². The number of benzene rings is 1. The first-order valence-corrected chi connectivity index (χ1v) is 7.09. The van der Waals surface area contributed by atoms with E-state index in [0.29, 0.717) is 0 Å². The molecule has 0 saturated carbocycles. The molecule has 116 valence electrons. The minimum atomic E-state index is -0.906. The van der Waals surface area contributed by atoms with Crippen LogP contribution in [0.25, 0.3) is 0 Å². The van der Waals surface area contributed by atoms with Crippen LogP contribution in [0, 0.1) is 20.8 Å². The molecule has 21 heavy (non-hydrogen) atoms. The fraction of sp³-hybridized carbons (Fsp3) is 0.500. The van der Waals surface area contributed by atoms with Gasteiger partial charge in [0.1, 0.15) is 0 Å². The third-order valence-electron chi connectivity index (χ3n) is 3.36. The molecule has 0 atom stereocenters. The van der Waals surface area contributed by atoms with Gasteiger partial charge in [0.05, 0.1) is 6.42 Å². The Kier molecular flexibility index (Phi) is 5.76. The lowest BCUT2D eigenvalue weighted by atomic mass is 10.1. The number of hydrogen-bond donors (Lipinski definition) is 2. The van der Waals surface area contributed by atoms with Gasteiger partial charge in [-0.05, 0) is 45.7 Å². The van der Waals surface area contributed by atoms with Gasteiger partial charge < -0.3 is 15.3 Å². The number of hydrogen-bond acceptors (Lipinski definition) is 2. The van der Waals surface area contributed by atoms with Gasteiger partial charge in [0, 0.05) is 18.3 Å². The summed E-state index contributed by atoms with van der Waals surface area (Å²) in [5, 5.41) is 11.7. The van der Waals surface area contributed by atoms with Gasteiger partial charge in [-0.15, -0.1) is 0 Å². The number of urea groups is 1. The highest BCUT2D eigenvalue weighted by Gasteiger charge is 2.19. The third-order valence-corrected chi connectivity index (χ3v) is 3.36. The van der Waals surface area contributed by atoms with Crippen molar-refractivity contribution in [3.8, 4) is 0 Å². The fourth-order valence-electron chi connectivity index (χ4n) is 2.37. The molecule has 0 aromatic heterocycles. The monoisotopic (exact) mass is 292 g/mol. The maximum Gasteiger partial charge on any atom is 0.322 e. The fourth-order valence-corrected chi connectivity index (χ4v) is 2.37. The Morgan fingerprint density at radius 1 is 1.19 bits per heavy atom. The summed E-state index contributed by atoms with van der Waals surface area (Å²) in [6, 6.07) is 3.70. The molecular weight excluding hydrogens is 268 g/mol. The van der Waals surface area contributed by atoms with Crippen molar-refractivity contribution in [2.45, 2.75) is 47.1 Å². The molecule has 0 aliphatic rings. The Labute approximate surface area is 126 Å².